The van der Waals surface area contributed by atoms with Crippen molar-refractivity contribution in [2.45, 2.75) is 13.0 Å². The van der Waals surface area contributed by atoms with Gasteiger partial charge in [0.2, 0.25) is 0 Å². The molecule has 0 fully saturated rings. The van der Waals surface area contributed by atoms with E-state index in [1.165, 1.54) is 11.3 Å². The molecular formula is C19H19N3O3S. The van der Waals surface area contributed by atoms with Crippen LogP contribution in [0.4, 0.5) is 0 Å². The third kappa shape index (κ3) is 3.72. The summed E-state index contributed by atoms with van der Waals surface area (Å²) in [5.41, 5.74) is 1.03. The molecule has 0 bridgehead atoms. The number of ether oxygens (including phenoxy) is 2. The van der Waals surface area contributed by atoms with Gasteiger partial charge in [-0.05, 0) is 42.3 Å². The normalized spacial score (nSPS) is 12.8. The number of benzene rings is 1. The first-order chi connectivity index (χ1) is 12.8. The summed E-state index contributed by atoms with van der Waals surface area (Å²) in [5, 5.41) is 2.97. The molecule has 0 saturated heterocycles. The van der Waals surface area contributed by atoms with E-state index in [0.717, 1.165) is 34.9 Å². The number of amides is 1. The number of nitrogens with zero attached hydrogens (tertiary/aromatic N) is 2. The van der Waals surface area contributed by atoms with Crippen molar-refractivity contribution in [2.24, 2.45) is 0 Å². The Kier molecular flexibility index (Phi) is 4.88. The lowest BCUT2D eigenvalue weighted by molar-refractivity contribution is 0.0957. The van der Waals surface area contributed by atoms with Crippen molar-refractivity contribution < 1.29 is 14.3 Å². The second kappa shape index (κ2) is 7.61. The number of rotatable bonds is 6. The molecule has 7 heteroatoms. The van der Waals surface area contributed by atoms with Crippen LogP contribution in [0.3, 0.4) is 0 Å². The highest BCUT2D eigenvalue weighted by atomic mass is 32.1. The number of aromatic nitrogens is 2. The molecule has 2 aromatic heterocycles. The molecular weight excluding hydrogens is 350 g/mol. The molecule has 0 radical (unpaired) electrons. The van der Waals surface area contributed by atoms with E-state index in [0.29, 0.717) is 24.6 Å². The van der Waals surface area contributed by atoms with Gasteiger partial charge in [0.05, 0.1) is 11.2 Å². The molecule has 26 heavy (non-hydrogen) atoms. The van der Waals surface area contributed by atoms with Crippen LogP contribution in [0, 0.1) is 0 Å². The number of hydrogen-bond acceptors (Lipinski definition) is 5. The van der Waals surface area contributed by atoms with E-state index < -0.39 is 0 Å². The van der Waals surface area contributed by atoms with E-state index in [-0.39, 0.29) is 5.91 Å². The summed E-state index contributed by atoms with van der Waals surface area (Å²) in [6.45, 7) is 2.62. The average molecular weight is 369 g/mol. The van der Waals surface area contributed by atoms with E-state index in [1.807, 2.05) is 41.1 Å². The first-order valence-electron chi connectivity index (χ1n) is 8.53. The standard InChI is InChI=1S/C19H19N3O3S/c23-19(21-6-1-8-22-9-7-20-13-22)18-5-4-17(26-18)14-2-3-15-16(12-14)25-11-10-24-15/h2-5,7,9,12-13H,1,6,8,10-11H2,(H,21,23). The molecule has 4 rings (SSSR count). The van der Waals surface area contributed by atoms with Crippen molar-refractivity contribution in [2.75, 3.05) is 19.8 Å². The lowest BCUT2D eigenvalue weighted by Gasteiger charge is -2.18. The maximum atomic E-state index is 12.3. The van der Waals surface area contributed by atoms with Crippen molar-refractivity contribution in [3.8, 4) is 21.9 Å². The smallest absolute Gasteiger partial charge is 0.261 e. The van der Waals surface area contributed by atoms with Crippen LogP contribution in [0.25, 0.3) is 10.4 Å². The minimum absolute atomic E-state index is 0.0376. The molecule has 1 aromatic carbocycles. The Morgan fingerprint density at radius 3 is 2.92 bits per heavy atom. The summed E-state index contributed by atoms with van der Waals surface area (Å²) in [6.07, 6.45) is 6.31. The first-order valence-corrected chi connectivity index (χ1v) is 9.35. The Hall–Kier alpha value is -2.80. The largest absolute Gasteiger partial charge is 0.486 e. The highest BCUT2D eigenvalue weighted by molar-refractivity contribution is 7.17. The molecule has 0 aliphatic carbocycles. The number of thiophene rings is 1. The summed E-state index contributed by atoms with van der Waals surface area (Å²) >= 11 is 1.48. The predicted octanol–water partition coefficient (Wildman–Crippen LogP) is 3.20. The molecule has 3 heterocycles. The second-order valence-electron chi connectivity index (χ2n) is 5.93. The number of hydrogen-bond donors (Lipinski definition) is 1. The van der Waals surface area contributed by atoms with Crippen LogP contribution in [0.15, 0.2) is 49.1 Å². The van der Waals surface area contributed by atoms with Crippen LogP contribution in [0.2, 0.25) is 0 Å². The molecule has 1 N–H and O–H groups in total. The number of fused-ring (bicyclic) bond motifs is 1. The van der Waals surface area contributed by atoms with Gasteiger partial charge in [0, 0.05) is 30.4 Å². The number of aryl methyl sites for hydroxylation is 1. The lowest BCUT2D eigenvalue weighted by atomic mass is 10.1. The molecule has 1 amide bonds. The van der Waals surface area contributed by atoms with Crippen molar-refractivity contribution >= 4 is 17.2 Å². The van der Waals surface area contributed by atoms with Crippen LogP contribution in [0.1, 0.15) is 16.1 Å². The Bertz CT molecular complexity index is 889. The number of nitrogens with one attached hydrogen (secondary N) is 1. The fourth-order valence-corrected chi connectivity index (χ4v) is 3.70. The lowest BCUT2D eigenvalue weighted by Crippen LogP contribution is -2.24. The van der Waals surface area contributed by atoms with Gasteiger partial charge in [-0.2, -0.15) is 0 Å². The van der Waals surface area contributed by atoms with Gasteiger partial charge in [0.1, 0.15) is 13.2 Å². The maximum absolute atomic E-state index is 12.3. The molecule has 0 unspecified atom stereocenters. The predicted molar refractivity (Wildman–Crippen MR) is 99.9 cm³/mol. The van der Waals surface area contributed by atoms with Crippen molar-refractivity contribution in [1.82, 2.24) is 14.9 Å². The third-order valence-corrected chi connectivity index (χ3v) is 5.23. The van der Waals surface area contributed by atoms with Gasteiger partial charge in [-0.3, -0.25) is 4.79 Å². The summed E-state index contributed by atoms with van der Waals surface area (Å²) in [6, 6.07) is 9.71. The van der Waals surface area contributed by atoms with E-state index >= 15 is 0 Å². The molecule has 6 nitrogen and oxygen atoms in total. The summed E-state index contributed by atoms with van der Waals surface area (Å²) < 4.78 is 13.2. The van der Waals surface area contributed by atoms with Crippen LogP contribution in [-0.2, 0) is 6.54 Å². The topological polar surface area (TPSA) is 65.4 Å². The van der Waals surface area contributed by atoms with E-state index in [4.69, 9.17) is 9.47 Å². The summed E-state index contributed by atoms with van der Waals surface area (Å²) in [5.74, 6) is 1.49. The molecule has 1 aliphatic heterocycles. The van der Waals surface area contributed by atoms with Crippen molar-refractivity contribution in [1.29, 1.82) is 0 Å². The van der Waals surface area contributed by atoms with Crippen molar-refractivity contribution in [3.63, 3.8) is 0 Å². The minimum atomic E-state index is -0.0376. The van der Waals surface area contributed by atoms with Gasteiger partial charge in [-0.25, -0.2) is 4.98 Å². The Balaban J connectivity index is 1.35. The van der Waals surface area contributed by atoms with Gasteiger partial charge in [-0.15, -0.1) is 11.3 Å². The monoisotopic (exact) mass is 369 g/mol. The zero-order valence-corrected chi connectivity index (χ0v) is 15.0. The Labute approximate surface area is 155 Å². The molecule has 0 spiro atoms. The van der Waals surface area contributed by atoms with Gasteiger partial charge in [0.15, 0.2) is 11.5 Å². The summed E-state index contributed by atoms with van der Waals surface area (Å²) in [7, 11) is 0. The number of carbonyl (C=O) groups is 1. The zero-order valence-electron chi connectivity index (χ0n) is 14.2. The van der Waals surface area contributed by atoms with E-state index in [9.17, 15) is 4.79 Å². The maximum Gasteiger partial charge on any atom is 0.261 e. The van der Waals surface area contributed by atoms with Crippen LogP contribution in [0.5, 0.6) is 11.5 Å². The van der Waals surface area contributed by atoms with Gasteiger partial charge >= 0.3 is 0 Å². The highest BCUT2D eigenvalue weighted by Gasteiger charge is 2.14. The molecule has 0 atom stereocenters. The van der Waals surface area contributed by atoms with Crippen LogP contribution in [-0.4, -0.2) is 35.2 Å². The second-order valence-corrected chi connectivity index (χ2v) is 7.02. The van der Waals surface area contributed by atoms with Crippen LogP contribution >= 0.6 is 11.3 Å². The summed E-state index contributed by atoms with van der Waals surface area (Å²) in [4.78, 5) is 18.1. The van der Waals surface area contributed by atoms with Gasteiger partial charge in [0.25, 0.3) is 5.91 Å². The minimum Gasteiger partial charge on any atom is -0.486 e. The zero-order chi connectivity index (χ0) is 17.8. The first kappa shape index (κ1) is 16.7. The van der Waals surface area contributed by atoms with Gasteiger partial charge < -0.3 is 19.4 Å². The number of imidazole rings is 1. The fraction of sp³-hybridized carbons (Fsp3) is 0.263. The number of carbonyl (C=O) groups excluding carboxylic acids is 1. The van der Waals surface area contributed by atoms with E-state index in [1.54, 1.807) is 12.5 Å². The van der Waals surface area contributed by atoms with E-state index in [2.05, 4.69) is 10.3 Å². The van der Waals surface area contributed by atoms with Crippen LogP contribution < -0.4 is 14.8 Å². The average Bonchev–Trinajstić information content (AvgIpc) is 3.36. The quantitative estimate of drug-likeness (QED) is 0.678. The Morgan fingerprint density at radius 2 is 2.08 bits per heavy atom. The third-order valence-electron chi connectivity index (χ3n) is 4.09. The molecule has 3 aromatic rings. The SMILES string of the molecule is O=C(NCCCn1ccnc1)c1ccc(-c2ccc3c(c2)OCCO3)s1. The molecule has 134 valence electrons. The van der Waals surface area contributed by atoms with Crippen molar-refractivity contribution in [3.05, 3.63) is 53.9 Å². The Morgan fingerprint density at radius 1 is 1.19 bits per heavy atom. The molecule has 1 aliphatic rings. The highest BCUT2D eigenvalue weighted by Crippen LogP contribution is 2.36. The van der Waals surface area contributed by atoms with Gasteiger partial charge in [-0.1, -0.05) is 0 Å². The molecule has 0 saturated carbocycles. The fourth-order valence-electron chi connectivity index (χ4n) is 2.78.